The first-order valence-electron chi connectivity index (χ1n) is 6.60. The predicted octanol–water partition coefficient (Wildman–Crippen LogP) is 2.58. The Morgan fingerprint density at radius 2 is 2.14 bits per heavy atom. The van der Waals surface area contributed by atoms with Crippen molar-refractivity contribution in [3.63, 3.8) is 0 Å². The molecular formula is C15H13N5O. The van der Waals surface area contributed by atoms with E-state index in [-0.39, 0.29) is 6.17 Å². The summed E-state index contributed by atoms with van der Waals surface area (Å²) in [6, 6.07) is 11.6. The first-order valence-corrected chi connectivity index (χ1v) is 6.60. The number of benzene rings is 1. The first-order chi connectivity index (χ1) is 10.3. The Morgan fingerprint density at radius 3 is 3.00 bits per heavy atom. The molecule has 1 aromatic carbocycles. The summed E-state index contributed by atoms with van der Waals surface area (Å²) in [5.74, 6) is 1.82. The minimum absolute atomic E-state index is 0.251. The van der Waals surface area contributed by atoms with Crippen LogP contribution < -0.4 is 11.1 Å². The van der Waals surface area contributed by atoms with E-state index in [2.05, 4.69) is 15.3 Å². The molecule has 2 aromatic heterocycles. The molecule has 0 bridgehead atoms. The number of nitrogens with zero attached hydrogens (tertiary/aromatic N) is 3. The van der Waals surface area contributed by atoms with Crippen LogP contribution in [-0.2, 0) is 0 Å². The van der Waals surface area contributed by atoms with Crippen LogP contribution in [0.3, 0.4) is 0 Å². The predicted molar refractivity (Wildman–Crippen MR) is 81.8 cm³/mol. The Kier molecular flexibility index (Phi) is 2.53. The maximum atomic E-state index is 5.84. The number of hydrogen-bond acceptors (Lipinski definition) is 5. The highest BCUT2D eigenvalue weighted by Crippen LogP contribution is 2.29. The van der Waals surface area contributed by atoms with Crippen molar-refractivity contribution >= 4 is 29.0 Å². The number of para-hydroxylation sites is 2. The van der Waals surface area contributed by atoms with Gasteiger partial charge in [0.05, 0.1) is 17.3 Å². The van der Waals surface area contributed by atoms with Gasteiger partial charge in [0.1, 0.15) is 5.76 Å². The van der Waals surface area contributed by atoms with Crippen molar-refractivity contribution in [3.05, 3.63) is 54.5 Å². The highest BCUT2D eigenvalue weighted by atomic mass is 16.3. The fraction of sp³-hybridized carbons (Fsp3) is 0.0667. The molecule has 1 aliphatic heterocycles. The molecule has 1 aliphatic rings. The summed E-state index contributed by atoms with van der Waals surface area (Å²) in [6.45, 7) is 0. The number of hydrogen-bond donors (Lipinski definition) is 2. The largest absolute Gasteiger partial charge is 0.465 e. The normalized spacial score (nSPS) is 17.7. The number of fused-ring (bicyclic) bond motifs is 3. The Bertz CT molecular complexity index is 844. The highest BCUT2D eigenvalue weighted by Gasteiger charge is 2.21. The van der Waals surface area contributed by atoms with Gasteiger partial charge in [-0.1, -0.05) is 12.1 Å². The van der Waals surface area contributed by atoms with E-state index in [1.165, 1.54) is 0 Å². The van der Waals surface area contributed by atoms with Gasteiger partial charge in [0.25, 0.3) is 0 Å². The zero-order valence-electron chi connectivity index (χ0n) is 11.1. The molecule has 0 aliphatic carbocycles. The molecule has 104 valence electrons. The van der Waals surface area contributed by atoms with Crippen LogP contribution >= 0.6 is 0 Å². The lowest BCUT2D eigenvalue weighted by molar-refractivity contribution is 0.555. The molecule has 0 saturated heterocycles. The molecule has 3 aromatic rings. The molecule has 6 nitrogen and oxygen atoms in total. The Balaban J connectivity index is 1.82. The molecule has 0 spiro atoms. The topological polar surface area (TPSA) is 81.4 Å². The Labute approximate surface area is 120 Å². The summed E-state index contributed by atoms with van der Waals surface area (Å²) < 4.78 is 7.31. The maximum absolute atomic E-state index is 5.84. The van der Waals surface area contributed by atoms with Gasteiger partial charge in [0, 0.05) is 0 Å². The van der Waals surface area contributed by atoms with Crippen molar-refractivity contribution in [1.29, 1.82) is 0 Å². The van der Waals surface area contributed by atoms with E-state index in [4.69, 9.17) is 10.2 Å². The highest BCUT2D eigenvalue weighted by molar-refractivity contribution is 5.94. The van der Waals surface area contributed by atoms with Gasteiger partial charge in [0.15, 0.2) is 12.1 Å². The number of rotatable bonds is 2. The zero-order valence-corrected chi connectivity index (χ0v) is 11.1. The van der Waals surface area contributed by atoms with Gasteiger partial charge in [-0.15, -0.1) is 0 Å². The summed E-state index contributed by atoms with van der Waals surface area (Å²) in [4.78, 5) is 8.96. The van der Waals surface area contributed by atoms with Crippen LogP contribution in [0.25, 0.3) is 17.1 Å². The number of imidazole rings is 1. The molecule has 6 heteroatoms. The third-order valence-corrected chi connectivity index (χ3v) is 3.35. The second-order valence-corrected chi connectivity index (χ2v) is 4.72. The van der Waals surface area contributed by atoms with E-state index in [1.807, 2.05) is 53.1 Å². The van der Waals surface area contributed by atoms with Crippen LogP contribution in [0.4, 0.5) is 5.95 Å². The van der Waals surface area contributed by atoms with Crippen molar-refractivity contribution < 1.29 is 4.42 Å². The van der Waals surface area contributed by atoms with Gasteiger partial charge in [-0.05, 0) is 36.4 Å². The van der Waals surface area contributed by atoms with E-state index < -0.39 is 0 Å². The summed E-state index contributed by atoms with van der Waals surface area (Å²) in [5, 5.41) is 2.99. The SMILES string of the molecule is NC1=NC(/C=C/c2ccco2)n2c(nc3ccccc32)N1. The summed E-state index contributed by atoms with van der Waals surface area (Å²) in [7, 11) is 0. The van der Waals surface area contributed by atoms with Crippen LogP contribution in [0.1, 0.15) is 11.9 Å². The van der Waals surface area contributed by atoms with Crippen LogP contribution in [0.2, 0.25) is 0 Å². The van der Waals surface area contributed by atoms with Crippen LogP contribution in [0.5, 0.6) is 0 Å². The van der Waals surface area contributed by atoms with Crippen LogP contribution in [0, 0.1) is 0 Å². The van der Waals surface area contributed by atoms with Gasteiger partial charge in [-0.25, -0.2) is 9.98 Å². The van der Waals surface area contributed by atoms with Crippen LogP contribution in [-0.4, -0.2) is 15.5 Å². The summed E-state index contributed by atoms with van der Waals surface area (Å²) >= 11 is 0. The monoisotopic (exact) mass is 279 g/mol. The number of aliphatic imine (C=N–C) groups is 1. The molecule has 4 rings (SSSR count). The fourth-order valence-corrected chi connectivity index (χ4v) is 2.44. The average Bonchev–Trinajstić information content (AvgIpc) is 3.11. The lowest BCUT2D eigenvalue weighted by Gasteiger charge is -2.20. The number of nitrogens with two attached hydrogens (primary N) is 1. The molecular weight excluding hydrogens is 266 g/mol. The van der Waals surface area contributed by atoms with Crippen LogP contribution in [0.15, 0.2) is 58.1 Å². The smallest absolute Gasteiger partial charge is 0.212 e. The van der Waals surface area contributed by atoms with Gasteiger partial charge < -0.3 is 10.2 Å². The molecule has 3 N–H and O–H groups in total. The van der Waals surface area contributed by atoms with E-state index in [0.29, 0.717) is 11.9 Å². The van der Waals surface area contributed by atoms with Gasteiger partial charge in [0.2, 0.25) is 5.95 Å². The summed E-state index contributed by atoms with van der Waals surface area (Å²) in [5.41, 5.74) is 7.75. The molecule has 0 saturated carbocycles. The summed E-state index contributed by atoms with van der Waals surface area (Å²) in [6.07, 6.45) is 5.20. The number of aromatic nitrogens is 2. The minimum Gasteiger partial charge on any atom is -0.465 e. The number of nitrogens with one attached hydrogen (secondary N) is 1. The second kappa shape index (κ2) is 4.52. The zero-order chi connectivity index (χ0) is 14.2. The van der Waals surface area contributed by atoms with Gasteiger partial charge in [-0.3, -0.25) is 9.88 Å². The van der Waals surface area contributed by atoms with Crippen molar-refractivity contribution in [2.45, 2.75) is 6.17 Å². The third kappa shape index (κ3) is 1.97. The third-order valence-electron chi connectivity index (χ3n) is 3.35. The van der Waals surface area contributed by atoms with Crippen molar-refractivity contribution in [3.8, 4) is 0 Å². The molecule has 0 radical (unpaired) electrons. The van der Waals surface area contributed by atoms with Gasteiger partial charge in [-0.2, -0.15) is 0 Å². The van der Waals surface area contributed by atoms with E-state index >= 15 is 0 Å². The number of anilines is 1. The lowest BCUT2D eigenvalue weighted by Crippen LogP contribution is -2.30. The maximum Gasteiger partial charge on any atom is 0.212 e. The number of furan rings is 1. The van der Waals surface area contributed by atoms with E-state index in [1.54, 1.807) is 6.26 Å². The van der Waals surface area contributed by atoms with E-state index in [0.717, 1.165) is 16.8 Å². The molecule has 21 heavy (non-hydrogen) atoms. The van der Waals surface area contributed by atoms with Crippen molar-refractivity contribution in [2.24, 2.45) is 10.7 Å². The standard InChI is InChI=1S/C15H13N5O/c16-14-18-13(8-7-10-4-3-9-21-10)20-12-6-2-1-5-11(12)17-15(20)19-14/h1-9,13H,(H3,16,17,18,19)/b8-7+. The Morgan fingerprint density at radius 1 is 1.24 bits per heavy atom. The second-order valence-electron chi connectivity index (χ2n) is 4.72. The lowest BCUT2D eigenvalue weighted by atomic mass is 10.3. The van der Waals surface area contributed by atoms with E-state index in [9.17, 15) is 0 Å². The minimum atomic E-state index is -0.251. The van der Waals surface area contributed by atoms with Crippen molar-refractivity contribution in [2.75, 3.05) is 5.32 Å². The Hall–Kier alpha value is -3.02. The quantitative estimate of drug-likeness (QED) is 0.755. The van der Waals surface area contributed by atoms with Crippen molar-refractivity contribution in [1.82, 2.24) is 9.55 Å². The molecule has 0 amide bonds. The first kappa shape index (κ1) is 11.8. The fourth-order valence-electron chi connectivity index (χ4n) is 2.44. The molecule has 3 heterocycles. The molecule has 1 unspecified atom stereocenters. The molecule has 0 fully saturated rings. The van der Waals surface area contributed by atoms with Gasteiger partial charge >= 0.3 is 0 Å². The molecule has 1 atom stereocenters. The number of guanidine groups is 1. The average molecular weight is 279 g/mol.